The van der Waals surface area contributed by atoms with Crippen molar-refractivity contribution in [3.63, 3.8) is 0 Å². The molecular formula is C27H31Cl2N3O3. The Balaban J connectivity index is 1.57. The number of carbonyl (C=O) groups excluding carboxylic acids is 2. The lowest BCUT2D eigenvalue weighted by molar-refractivity contribution is -0.129. The van der Waals surface area contributed by atoms with Gasteiger partial charge in [-0.15, -0.1) is 0 Å². The number of nitrogens with zero attached hydrogens (tertiary/aromatic N) is 3. The first kappa shape index (κ1) is 25.5. The molecule has 2 aromatic rings. The zero-order valence-corrected chi connectivity index (χ0v) is 22.1. The van der Waals surface area contributed by atoms with Crippen LogP contribution in [0.15, 0.2) is 42.5 Å². The molecule has 1 spiro atoms. The van der Waals surface area contributed by atoms with Gasteiger partial charge in [0.05, 0.1) is 5.69 Å². The number of halogens is 2. The summed E-state index contributed by atoms with van der Waals surface area (Å²) >= 11 is 12.5. The third-order valence-electron chi connectivity index (χ3n) is 6.87. The Morgan fingerprint density at radius 2 is 1.77 bits per heavy atom. The van der Waals surface area contributed by atoms with Crippen molar-refractivity contribution >= 4 is 46.5 Å². The predicted molar refractivity (Wildman–Crippen MR) is 141 cm³/mol. The lowest BCUT2D eigenvalue weighted by atomic mass is 9.81. The van der Waals surface area contributed by atoms with E-state index in [4.69, 9.17) is 27.9 Å². The number of ether oxygens (including phenoxy) is 1. The van der Waals surface area contributed by atoms with E-state index in [2.05, 4.69) is 0 Å². The summed E-state index contributed by atoms with van der Waals surface area (Å²) in [5.74, 6) is -0.0335. The molecule has 2 aromatic carbocycles. The highest BCUT2D eigenvalue weighted by molar-refractivity contribution is 6.31. The van der Waals surface area contributed by atoms with Crippen LogP contribution in [0.5, 0.6) is 0 Å². The van der Waals surface area contributed by atoms with Gasteiger partial charge in [0, 0.05) is 60.2 Å². The molecule has 1 saturated heterocycles. The number of benzene rings is 2. The van der Waals surface area contributed by atoms with E-state index >= 15 is 0 Å². The molecule has 186 valence electrons. The van der Waals surface area contributed by atoms with Crippen LogP contribution in [-0.4, -0.2) is 62.1 Å². The van der Waals surface area contributed by atoms with Crippen molar-refractivity contribution in [1.29, 1.82) is 0 Å². The highest BCUT2D eigenvalue weighted by atomic mass is 35.5. The second-order valence-corrected chi connectivity index (χ2v) is 10.3. The number of carbonyl (C=O) groups is 2. The zero-order chi connectivity index (χ0) is 25.3. The van der Waals surface area contributed by atoms with Crippen molar-refractivity contribution < 1.29 is 14.3 Å². The van der Waals surface area contributed by atoms with Gasteiger partial charge in [-0.3, -0.25) is 9.69 Å². The average molecular weight is 516 g/mol. The van der Waals surface area contributed by atoms with Crippen molar-refractivity contribution in [2.45, 2.75) is 32.3 Å². The highest BCUT2D eigenvalue weighted by Crippen LogP contribution is 2.46. The third kappa shape index (κ3) is 5.06. The van der Waals surface area contributed by atoms with E-state index in [0.717, 1.165) is 22.4 Å². The fraction of sp³-hybridized carbons (Fsp3) is 0.407. The first-order valence-electron chi connectivity index (χ1n) is 11.8. The number of allylic oxidation sites excluding steroid dienone is 1. The van der Waals surface area contributed by atoms with Crippen LogP contribution in [0, 0.1) is 6.92 Å². The summed E-state index contributed by atoms with van der Waals surface area (Å²) < 4.78 is 6.12. The van der Waals surface area contributed by atoms with Gasteiger partial charge in [-0.2, -0.15) is 0 Å². The van der Waals surface area contributed by atoms with Crippen LogP contribution in [0.3, 0.4) is 0 Å². The standard InChI is InChI=1S/C27H31Cl2N3O3/c1-5-21(22-8-6-19(28)16-18(22)2)25(33)31-12-10-27(11-13-31)23-17-20(29)7-9-24(23)32(26(34)35-27)15-14-30(3)4/h5-9,16-17H,10-15H2,1-4H3/b21-5+. The molecule has 2 aliphatic rings. The van der Waals surface area contributed by atoms with Gasteiger partial charge < -0.3 is 14.5 Å². The predicted octanol–water partition coefficient (Wildman–Crippen LogP) is 5.74. The van der Waals surface area contributed by atoms with Crippen LogP contribution in [0.4, 0.5) is 10.5 Å². The van der Waals surface area contributed by atoms with Crippen molar-refractivity contribution in [2.24, 2.45) is 0 Å². The third-order valence-corrected chi connectivity index (χ3v) is 7.34. The van der Waals surface area contributed by atoms with E-state index in [-0.39, 0.29) is 12.0 Å². The van der Waals surface area contributed by atoms with Gasteiger partial charge in [0.2, 0.25) is 0 Å². The Hall–Kier alpha value is -2.54. The van der Waals surface area contributed by atoms with E-state index < -0.39 is 5.60 Å². The van der Waals surface area contributed by atoms with Crippen molar-refractivity contribution in [3.05, 3.63) is 69.2 Å². The molecule has 2 amide bonds. The number of rotatable bonds is 5. The second-order valence-electron chi connectivity index (χ2n) is 9.43. The number of likely N-dealkylation sites (N-methyl/N-ethyl adjacent to an activating group) is 1. The number of anilines is 1. The van der Waals surface area contributed by atoms with Crippen LogP contribution >= 0.6 is 23.2 Å². The molecule has 0 aromatic heterocycles. The molecule has 0 unspecified atom stereocenters. The number of piperidine rings is 1. The highest BCUT2D eigenvalue weighted by Gasteiger charge is 2.47. The normalized spacial score (nSPS) is 17.6. The summed E-state index contributed by atoms with van der Waals surface area (Å²) in [4.78, 5) is 32.1. The second kappa shape index (κ2) is 10.2. The molecular weight excluding hydrogens is 485 g/mol. The van der Waals surface area contributed by atoms with Gasteiger partial charge in [0.25, 0.3) is 5.91 Å². The van der Waals surface area contributed by atoms with Crippen LogP contribution in [0.25, 0.3) is 5.57 Å². The molecule has 0 aliphatic carbocycles. The fourth-order valence-electron chi connectivity index (χ4n) is 4.93. The van der Waals surface area contributed by atoms with Crippen molar-refractivity contribution in [1.82, 2.24) is 9.80 Å². The number of fused-ring (bicyclic) bond motifs is 2. The lowest BCUT2D eigenvalue weighted by Gasteiger charge is -2.47. The van der Waals surface area contributed by atoms with Crippen LogP contribution in [-0.2, 0) is 15.1 Å². The molecule has 0 saturated carbocycles. The van der Waals surface area contributed by atoms with Gasteiger partial charge in [-0.1, -0.05) is 35.3 Å². The molecule has 8 heteroatoms. The fourth-order valence-corrected chi connectivity index (χ4v) is 5.33. The van der Waals surface area contributed by atoms with Crippen LogP contribution in [0.2, 0.25) is 10.0 Å². The summed E-state index contributed by atoms with van der Waals surface area (Å²) in [6.45, 7) is 6.00. The minimum Gasteiger partial charge on any atom is -0.437 e. The van der Waals surface area contributed by atoms with Crippen molar-refractivity contribution in [2.75, 3.05) is 45.2 Å². The molecule has 0 N–H and O–H groups in total. The first-order valence-corrected chi connectivity index (χ1v) is 12.6. The minimum absolute atomic E-state index is 0.0335. The SMILES string of the molecule is C/C=C(/C(=O)N1CCC2(CC1)OC(=O)N(CCN(C)C)c1ccc(Cl)cc12)c1ccc(Cl)cc1C. The van der Waals surface area contributed by atoms with E-state index in [1.54, 1.807) is 17.0 Å². The van der Waals surface area contributed by atoms with Gasteiger partial charge in [-0.25, -0.2) is 4.79 Å². The van der Waals surface area contributed by atoms with E-state index in [1.807, 2.05) is 68.1 Å². The van der Waals surface area contributed by atoms with Crippen molar-refractivity contribution in [3.8, 4) is 0 Å². The molecule has 2 heterocycles. The smallest absolute Gasteiger partial charge is 0.415 e. The van der Waals surface area contributed by atoms with Gasteiger partial charge >= 0.3 is 6.09 Å². The molecule has 4 rings (SSSR count). The number of likely N-dealkylation sites (tertiary alicyclic amines) is 1. The molecule has 2 aliphatic heterocycles. The van der Waals surface area contributed by atoms with Crippen LogP contribution < -0.4 is 4.90 Å². The zero-order valence-electron chi connectivity index (χ0n) is 20.6. The average Bonchev–Trinajstić information content (AvgIpc) is 2.81. The summed E-state index contributed by atoms with van der Waals surface area (Å²) in [5.41, 5.74) is 3.42. The molecule has 6 nitrogen and oxygen atoms in total. The van der Waals surface area contributed by atoms with Gasteiger partial charge in [-0.05, 0) is 69.4 Å². The monoisotopic (exact) mass is 515 g/mol. The Labute approximate surface area is 217 Å². The van der Waals surface area contributed by atoms with E-state index in [9.17, 15) is 9.59 Å². The quantitative estimate of drug-likeness (QED) is 0.476. The van der Waals surface area contributed by atoms with Gasteiger partial charge in [0.15, 0.2) is 0 Å². The Bertz CT molecular complexity index is 1170. The maximum atomic E-state index is 13.5. The molecule has 0 radical (unpaired) electrons. The molecule has 1 fully saturated rings. The molecule has 0 atom stereocenters. The Morgan fingerprint density at radius 3 is 2.40 bits per heavy atom. The summed E-state index contributed by atoms with van der Waals surface area (Å²) in [5, 5.41) is 1.24. The summed E-state index contributed by atoms with van der Waals surface area (Å²) in [6, 6.07) is 11.2. The maximum Gasteiger partial charge on any atom is 0.415 e. The summed E-state index contributed by atoms with van der Waals surface area (Å²) in [6.07, 6.45) is 2.51. The largest absolute Gasteiger partial charge is 0.437 e. The maximum absolute atomic E-state index is 13.5. The first-order chi connectivity index (χ1) is 16.6. The van der Waals surface area contributed by atoms with E-state index in [0.29, 0.717) is 54.6 Å². The lowest BCUT2D eigenvalue weighted by Crippen LogP contribution is -2.53. The number of aryl methyl sites for hydroxylation is 1. The Morgan fingerprint density at radius 1 is 1.11 bits per heavy atom. The Kier molecular flexibility index (Phi) is 7.46. The number of hydrogen-bond acceptors (Lipinski definition) is 4. The topological polar surface area (TPSA) is 53.1 Å². The molecule has 0 bridgehead atoms. The van der Waals surface area contributed by atoms with Crippen LogP contribution in [0.1, 0.15) is 36.5 Å². The van der Waals surface area contributed by atoms with Gasteiger partial charge in [0.1, 0.15) is 5.60 Å². The number of amides is 2. The molecule has 35 heavy (non-hydrogen) atoms. The summed E-state index contributed by atoms with van der Waals surface area (Å²) in [7, 11) is 3.94. The van der Waals surface area contributed by atoms with E-state index in [1.165, 1.54) is 0 Å². The minimum atomic E-state index is -0.797. The number of hydrogen-bond donors (Lipinski definition) is 0.